The molecule has 6 aromatic rings. The van der Waals surface area contributed by atoms with Gasteiger partial charge in [-0.2, -0.15) is 0 Å². The monoisotopic (exact) mass is 862 g/mol. The van der Waals surface area contributed by atoms with Crippen molar-refractivity contribution in [3.05, 3.63) is 93.2 Å². The highest BCUT2D eigenvalue weighted by atomic mass is 16.7. The molecule has 10 atom stereocenters. The van der Waals surface area contributed by atoms with Crippen molar-refractivity contribution in [3.63, 3.8) is 0 Å². The van der Waals surface area contributed by atoms with E-state index in [1.807, 2.05) is 0 Å². The van der Waals surface area contributed by atoms with Gasteiger partial charge in [0.1, 0.15) is 111 Å². The SMILES string of the molecule is O=c1cc(-c2ccc(O[C@@H]3O[C@H](CO)[C@@H](O)[C@H](O)[C@@H]3O)c(-c3c(O)cc(O)c4c(=O)cc(-c5ccc(O[C@@H]6O[C@H](CO)[C@@H](O)[C@H](O)[C@H]6O)cc5)oc34)c2)oc2cc(O)cc(O)c12. The van der Waals surface area contributed by atoms with Crippen LogP contribution in [-0.4, -0.2) is 136 Å². The van der Waals surface area contributed by atoms with Crippen molar-refractivity contribution >= 4 is 21.9 Å². The fourth-order valence-electron chi connectivity index (χ4n) is 7.37. The number of hydrogen-bond acceptors (Lipinski definition) is 20. The topological polar surface area (TPSA) is 340 Å². The second-order valence-electron chi connectivity index (χ2n) is 14.6. The summed E-state index contributed by atoms with van der Waals surface area (Å²) in [5.41, 5.74) is -2.27. The molecule has 62 heavy (non-hydrogen) atoms. The Labute approximate surface area is 346 Å². The number of ether oxygens (including phenoxy) is 4. The Kier molecular flexibility index (Phi) is 11.3. The Morgan fingerprint density at radius 1 is 0.532 bits per heavy atom. The average Bonchev–Trinajstić information content (AvgIpc) is 3.23. The lowest BCUT2D eigenvalue weighted by atomic mass is 9.96. The Bertz CT molecular complexity index is 2760. The van der Waals surface area contributed by atoms with Crippen LogP contribution in [0.1, 0.15) is 0 Å². The maximum absolute atomic E-state index is 13.8. The Hall–Kier alpha value is -6.30. The van der Waals surface area contributed by atoms with Crippen molar-refractivity contribution < 1.29 is 89.1 Å². The molecule has 2 aliphatic rings. The quantitative estimate of drug-likeness (QED) is 0.0915. The maximum Gasteiger partial charge on any atom is 0.229 e. The summed E-state index contributed by atoms with van der Waals surface area (Å²) >= 11 is 0. The molecule has 0 radical (unpaired) electrons. The molecular formula is C42H38O20. The first-order valence-corrected chi connectivity index (χ1v) is 18.8. The van der Waals surface area contributed by atoms with Crippen molar-refractivity contribution in [2.24, 2.45) is 0 Å². The van der Waals surface area contributed by atoms with Crippen molar-refractivity contribution in [1.82, 2.24) is 0 Å². The number of phenols is 4. The van der Waals surface area contributed by atoms with E-state index in [1.165, 1.54) is 42.5 Å². The second-order valence-corrected chi connectivity index (χ2v) is 14.6. The standard InChI is InChI=1S/C42H38O20/c43-13-29-34(51)36(53)38(55)41(61-29)57-18-4-1-15(2-5-18)26-12-24(50)33-22(48)10-21(47)31(40(33)59-26)19-7-16(27-11-23(49)32-20(46)8-17(45)9-28(32)58-27)3-6-25(19)60-42-39(56)37(54)35(52)30(14-44)62-42/h1-12,29-30,34-39,41-48,51-56H,13-14H2/t29-,30-,34-,35-,36+,37+,38-,39+,41-,42-/m1/s1. The van der Waals surface area contributed by atoms with Crippen LogP contribution in [0.3, 0.4) is 0 Å². The van der Waals surface area contributed by atoms with E-state index in [2.05, 4.69) is 0 Å². The molecule has 0 bridgehead atoms. The van der Waals surface area contributed by atoms with E-state index in [0.717, 1.165) is 30.3 Å². The van der Waals surface area contributed by atoms with Gasteiger partial charge in [0.05, 0.1) is 18.8 Å². The predicted octanol–water partition coefficient (Wildman–Crippen LogP) is 0.0802. The van der Waals surface area contributed by atoms with Gasteiger partial charge in [-0.25, -0.2) is 0 Å². The normalized spacial score (nSPS) is 26.5. The minimum atomic E-state index is -1.90. The highest BCUT2D eigenvalue weighted by molar-refractivity contribution is 6.01. The number of aliphatic hydroxyl groups excluding tert-OH is 8. The largest absolute Gasteiger partial charge is 0.508 e. The molecule has 20 heteroatoms. The average molecular weight is 863 g/mol. The zero-order chi connectivity index (χ0) is 44.3. The summed E-state index contributed by atoms with van der Waals surface area (Å²) in [5, 5.41) is 124. The predicted molar refractivity (Wildman–Crippen MR) is 210 cm³/mol. The van der Waals surface area contributed by atoms with Crippen LogP contribution in [0.4, 0.5) is 0 Å². The van der Waals surface area contributed by atoms with E-state index < -0.39 is 119 Å². The van der Waals surface area contributed by atoms with Crippen LogP contribution in [0, 0.1) is 0 Å². The fraction of sp³-hybridized carbons (Fsp3) is 0.286. The Morgan fingerprint density at radius 3 is 1.69 bits per heavy atom. The number of hydrogen-bond donors (Lipinski definition) is 12. The number of aromatic hydroxyl groups is 4. The highest BCUT2D eigenvalue weighted by Gasteiger charge is 2.46. The first-order valence-electron chi connectivity index (χ1n) is 18.8. The molecule has 4 aromatic carbocycles. The van der Waals surface area contributed by atoms with Gasteiger partial charge in [-0.15, -0.1) is 0 Å². The molecule has 8 rings (SSSR count). The summed E-state index contributed by atoms with van der Waals surface area (Å²) in [5.74, 6) is -2.78. The van der Waals surface area contributed by atoms with Gasteiger partial charge in [0.2, 0.25) is 12.6 Å². The fourth-order valence-corrected chi connectivity index (χ4v) is 7.37. The Balaban J connectivity index is 1.25. The molecule has 0 spiro atoms. The lowest BCUT2D eigenvalue weighted by Crippen LogP contribution is -2.60. The number of benzene rings is 4. The van der Waals surface area contributed by atoms with E-state index >= 15 is 0 Å². The summed E-state index contributed by atoms with van der Waals surface area (Å²) < 4.78 is 34.8. The summed E-state index contributed by atoms with van der Waals surface area (Å²) in [6, 6.07) is 14.5. The summed E-state index contributed by atoms with van der Waals surface area (Å²) in [6.45, 7) is -1.47. The van der Waals surface area contributed by atoms with E-state index in [4.69, 9.17) is 27.8 Å². The summed E-state index contributed by atoms with van der Waals surface area (Å²) in [7, 11) is 0. The molecule has 2 fully saturated rings. The maximum atomic E-state index is 13.8. The van der Waals surface area contributed by atoms with Crippen LogP contribution in [0.2, 0.25) is 0 Å². The van der Waals surface area contributed by atoms with Crippen LogP contribution < -0.4 is 20.3 Å². The third kappa shape index (κ3) is 7.53. The van der Waals surface area contributed by atoms with Gasteiger partial charge in [0.25, 0.3) is 0 Å². The van der Waals surface area contributed by atoms with Crippen LogP contribution in [0.15, 0.2) is 91.2 Å². The summed E-state index contributed by atoms with van der Waals surface area (Å²) in [6.07, 6.45) is -16.4. The molecule has 12 N–H and O–H groups in total. The van der Waals surface area contributed by atoms with Crippen LogP contribution >= 0.6 is 0 Å². The van der Waals surface area contributed by atoms with Gasteiger partial charge in [-0.05, 0) is 42.5 Å². The molecule has 20 nitrogen and oxygen atoms in total. The van der Waals surface area contributed by atoms with E-state index in [9.17, 15) is 70.9 Å². The molecule has 326 valence electrons. The third-order valence-corrected chi connectivity index (χ3v) is 10.6. The Morgan fingerprint density at radius 2 is 1.08 bits per heavy atom. The zero-order valence-corrected chi connectivity index (χ0v) is 31.7. The lowest BCUT2D eigenvalue weighted by Gasteiger charge is -2.39. The van der Waals surface area contributed by atoms with Gasteiger partial charge >= 0.3 is 0 Å². The van der Waals surface area contributed by atoms with Crippen molar-refractivity contribution in [2.45, 2.75) is 61.4 Å². The van der Waals surface area contributed by atoms with Crippen LogP contribution in [0.5, 0.6) is 34.5 Å². The van der Waals surface area contributed by atoms with Crippen molar-refractivity contribution in [3.8, 4) is 68.3 Å². The van der Waals surface area contributed by atoms with Crippen LogP contribution in [0.25, 0.3) is 55.7 Å². The lowest BCUT2D eigenvalue weighted by molar-refractivity contribution is -0.277. The first-order chi connectivity index (χ1) is 29.6. The number of fused-ring (bicyclic) bond motifs is 2. The highest BCUT2D eigenvalue weighted by Crippen LogP contribution is 2.47. The van der Waals surface area contributed by atoms with Crippen LogP contribution in [-0.2, 0) is 9.47 Å². The summed E-state index contributed by atoms with van der Waals surface area (Å²) in [4.78, 5) is 27.0. The molecular weight excluding hydrogens is 824 g/mol. The van der Waals surface area contributed by atoms with E-state index in [0.29, 0.717) is 0 Å². The molecule has 0 unspecified atom stereocenters. The molecule has 4 heterocycles. The molecule has 2 aromatic heterocycles. The smallest absolute Gasteiger partial charge is 0.229 e. The molecule has 0 amide bonds. The van der Waals surface area contributed by atoms with Gasteiger partial charge in [0, 0.05) is 47.0 Å². The first kappa shape index (κ1) is 42.4. The zero-order valence-electron chi connectivity index (χ0n) is 31.7. The van der Waals surface area contributed by atoms with Gasteiger partial charge in [0.15, 0.2) is 16.4 Å². The minimum Gasteiger partial charge on any atom is -0.508 e. The van der Waals surface area contributed by atoms with E-state index in [1.54, 1.807) is 0 Å². The number of rotatable bonds is 9. The van der Waals surface area contributed by atoms with E-state index in [-0.39, 0.29) is 56.2 Å². The van der Waals surface area contributed by atoms with Gasteiger partial charge in [-0.3, -0.25) is 9.59 Å². The number of aliphatic hydroxyl groups is 8. The van der Waals surface area contributed by atoms with Gasteiger partial charge < -0.3 is 89.1 Å². The molecule has 0 saturated carbocycles. The molecule has 0 aliphatic carbocycles. The minimum absolute atomic E-state index is 0.0785. The second kappa shape index (κ2) is 16.5. The van der Waals surface area contributed by atoms with Gasteiger partial charge in [-0.1, -0.05) is 0 Å². The molecule has 2 saturated heterocycles. The van der Waals surface area contributed by atoms with Crippen molar-refractivity contribution in [2.75, 3.05) is 13.2 Å². The third-order valence-electron chi connectivity index (χ3n) is 10.6. The number of phenolic OH excluding ortho intramolecular Hbond substituents is 4. The molecule has 2 aliphatic heterocycles. The van der Waals surface area contributed by atoms with Crippen molar-refractivity contribution in [1.29, 1.82) is 0 Å².